The van der Waals surface area contributed by atoms with Crippen LogP contribution in [0.3, 0.4) is 0 Å². The van der Waals surface area contributed by atoms with E-state index >= 15 is 0 Å². The molecule has 0 bridgehead atoms. The Bertz CT molecular complexity index is 457. The highest BCUT2D eigenvalue weighted by Crippen LogP contribution is 2.13. The second-order valence-electron chi connectivity index (χ2n) is 4.43. The lowest BCUT2D eigenvalue weighted by atomic mass is 10.2. The Hall–Kier alpha value is -2.08. The largest absolute Gasteiger partial charge is 0.481 e. The third-order valence-electron chi connectivity index (χ3n) is 2.65. The highest BCUT2D eigenvalue weighted by molar-refractivity contribution is 5.86. The van der Waals surface area contributed by atoms with Gasteiger partial charge < -0.3 is 19.9 Å². The van der Waals surface area contributed by atoms with Crippen molar-refractivity contribution in [1.82, 2.24) is 5.32 Å². The molecule has 0 saturated heterocycles. The molecule has 0 saturated carbocycles. The van der Waals surface area contributed by atoms with Crippen molar-refractivity contribution in [3.8, 4) is 5.75 Å². The maximum absolute atomic E-state index is 11.8. The number of aliphatic carboxylic acids is 1. The highest BCUT2D eigenvalue weighted by atomic mass is 16.5. The number of rotatable bonds is 7. The normalized spacial score (nSPS) is 13.3. The number of benzene rings is 1. The van der Waals surface area contributed by atoms with Crippen LogP contribution in [0.25, 0.3) is 0 Å². The van der Waals surface area contributed by atoms with E-state index in [2.05, 4.69) is 5.32 Å². The molecule has 0 radical (unpaired) electrons. The summed E-state index contributed by atoms with van der Waals surface area (Å²) in [5.41, 5.74) is 1.08. The Kier molecular flexibility index (Phi) is 5.99. The summed E-state index contributed by atoms with van der Waals surface area (Å²) < 4.78 is 10.2. The van der Waals surface area contributed by atoms with Crippen LogP contribution in [0.5, 0.6) is 5.75 Å². The summed E-state index contributed by atoms with van der Waals surface area (Å²) in [4.78, 5) is 22.8. The van der Waals surface area contributed by atoms with Crippen molar-refractivity contribution < 1.29 is 24.2 Å². The van der Waals surface area contributed by atoms with Crippen molar-refractivity contribution in [1.29, 1.82) is 0 Å². The van der Waals surface area contributed by atoms with E-state index in [1.54, 1.807) is 19.1 Å². The van der Waals surface area contributed by atoms with Crippen molar-refractivity contribution in [3.63, 3.8) is 0 Å². The summed E-state index contributed by atoms with van der Waals surface area (Å²) in [7, 11) is 1.37. The van der Waals surface area contributed by atoms with Crippen LogP contribution in [0.2, 0.25) is 0 Å². The van der Waals surface area contributed by atoms with Gasteiger partial charge in [0.25, 0.3) is 5.91 Å². The average molecular weight is 281 g/mol. The fourth-order valence-corrected chi connectivity index (χ4v) is 1.50. The lowest BCUT2D eigenvalue weighted by molar-refractivity contribution is -0.144. The molecule has 2 N–H and O–H groups in total. The van der Waals surface area contributed by atoms with E-state index in [4.69, 9.17) is 14.6 Å². The number of carboxylic acid groups (broad SMARTS) is 1. The van der Waals surface area contributed by atoms with E-state index in [1.165, 1.54) is 7.11 Å². The Balaban J connectivity index is 2.57. The van der Waals surface area contributed by atoms with Crippen molar-refractivity contribution in [3.05, 3.63) is 29.8 Å². The molecule has 20 heavy (non-hydrogen) atoms. The number of carbonyl (C=O) groups is 2. The summed E-state index contributed by atoms with van der Waals surface area (Å²) in [5.74, 6) is -1.10. The fraction of sp³-hybridized carbons (Fsp3) is 0.429. The van der Waals surface area contributed by atoms with Gasteiger partial charge in [0.1, 0.15) is 5.75 Å². The van der Waals surface area contributed by atoms with E-state index in [0.29, 0.717) is 5.75 Å². The minimum atomic E-state index is -1.15. The molecule has 6 heteroatoms. The Morgan fingerprint density at radius 1 is 1.30 bits per heavy atom. The predicted molar refractivity (Wildman–Crippen MR) is 72.7 cm³/mol. The van der Waals surface area contributed by atoms with E-state index < -0.39 is 24.0 Å². The van der Waals surface area contributed by atoms with Crippen LogP contribution in [0.15, 0.2) is 24.3 Å². The molecule has 0 aliphatic rings. The minimum Gasteiger partial charge on any atom is -0.481 e. The number of ether oxygens (including phenoxy) is 2. The molecule has 0 aliphatic heterocycles. The molecule has 0 aromatic heterocycles. The summed E-state index contributed by atoms with van der Waals surface area (Å²) in [6.45, 7) is 3.40. The van der Waals surface area contributed by atoms with Gasteiger partial charge in [0.15, 0.2) is 12.1 Å². The monoisotopic (exact) mass is 281 g/mol. The first-order valence-electron chi connectivity index (χ1n) is 6.19. The van der Waals surface area contributed by atoms with Crippen LogP contribution in [0.4, 0.5) is 0 Å². The van der Waals surface area contributed by atoms with Gasteiger partial charge in [-0.15, -0.1) is 0 Å². The van der Waals surface area contributed by atoms with Gasteiger partial charge in [-0.25, -0.2) is 4.79 Å². The molecule has 0 spiro atoms. The lowest BCUT2D eigenvalue weighted by Gasteiger charge is -2.18. The fourth-order valence-electron chi connectivity index (χ4n) is 1.50. The molecular weight excluding hydrogens is 262 g/mol. The molecule has 6 nitrogen and oxygen atoms in total. The number of amides is 1. The zero-order valence-electron chi connectivity index (χ0n) is 11.8. The van der Waals surface area contributed by atoms with Gasteiger partial charge in [-0.3, -0.25) is 4.79 Å². The topological polar surface area (TPSA) is 84.9 Å². The molecule has 1 amide bonds. The zero-order valence-corrected chi connectivity index (χ0v) is 11.8. The maximum atomic E-state index is 11.8. The molecule has 1 aromatic rings. The number of carboxylic acids is 1. The maximum Gasteiger partial charge on any atom is 0.328 e. The molecular formula is C14H19NO5. The number of aryl methyl sites for hydroxylation is 1. The summed E-state index contributed by atoms with van der Waals surface area (Å²) in [6, 6.07) is 6.15. The van der Waals surface area contributed by atoms with Gasteiger partial charge in [-0.1, -0.05) is 17.7 Å². The highest BCUT2D eigenvalue weighted by Gasteiger charge is 2.23. The Morgan fingerprint density at radius 3 is 2.40 bits per heavy atom. The Labute approximate surface area is 117 Å². The number of nitrogens with one attached hydrogen (secondary N) is 1. The molecule has 1 rings (SSSR count). The third kappa shape index (κ3) is 4.89. The van der Waals surface area contributed by atoms with E-state index in [0.717, 1.165) is 5.56 Å². The third-order valence-corrected chi connectivity index (χ3v) is 2.65. The van der Waals surface area contributed by atoms with Crippen LogP contribution in [0.1, 0.15) is 12.5 Å². The number of hydrogen-bond acceptors (Lipinski definition) is 4. The molecule has 0 heterocycles. The molecule has 110 valence electrons. The van der Waals surface area contributed by atoms with E-state index in [1.807, 2.05) is 19.1 Å². The Morgan fingerprint density at radius 2 is 1.90 bits per heavy atom. The zero-order chi connectivity index (χ0) is 15.1. The van der Waals surface area contributed by atoms with Crippen molar-refractivity contribution in [2.45, 2.75) is 26.0 Å². The smallest absolute Gasteiger partial charge is 0.328 e. The van der Waals surface area contributed by atoms with Crippen molar-refractivity contribution in [2.75, 3.05) is 13.7 Å². The molecule has 2 atom stereocenters. The first kappa shape index (κ1) is 16.0. The van der Waals surface area contributed by atoms with Gasteiger partial charge in [0.05, 0.1) is 6.61 Å². The van der Waals surface area contributed by atoms with Crippen molar-refractivity contribution in [2.24, 2.45) is 0 Å². The number of methoxy groups -OCH3 is 1. The molecule has 1 aromatic carbocycles. The van der Waals surface area contributed by atoms with Crippen LogP contribution >= 0.6 is 0 Å². The first-order chi connectivity index (χ1) is 9.43. The van der Waals surface area contributed by atoms with Crippen LogP contribution in [-0.2, 0) is 14.3 Å². The lowest BCUT2D eigenvalue weighted by Crippen LogP contribution is -2.48. The van der Waals surface area contributed by atoms with E-state index in [9.17, 15) is 9.59 Å². The SMILES string of the molecule is COCC(NC(=O)C(C)Oc1ccc(C)cc1)C(=O)O. The number of hydrogen-bond donors (Lipinski definition) is 2. The van der Waals surface area contributed by atoms with Crippen LogP contribution < -0.4 is 10.1 Å². The average Bonchev–Trinajstić information content (AvgIpc) is 2.40. The second-order valence-corrected chi connectivity index (χ2v) is 4.43. The first-order valence-corrected chi connectivity index (χ1v) is 6.19. The molecule has 0 fully saturated rings. The van der Waals surface area contributed by atoms with Gasteiger partial charge in [-0.05, 0) is 26.0 Å². The van der Waals surface area contributed by atoms with Crippen LogP contribution in [-0.4, -0.2) is 42.8 Å². The minimum absolute atomic E-state index is 0.0989. The number of carbonyl (C=O) groups excluding carboxylic acids is 1. The standard InChI is InChI=1S/C14H19NO5/c1-9-4-6-11(7-5-9)20-10(2)13(16)15-12(8-19-3)14(17)18/h4-7,10,12H,8H2,1-3H3,(H,15,16)(H,17,18). The van der Waals surface area contributed by atoms with Gasteiger partial charge in [0, 0.05) is 7.11 Å². The van der Waals surface area contributed by atoms with Crippen LogP contribution in [0, 0.1) is 6.92 Å². The quantitative estimate of drug-likeness (QED) is 0.778. The van der Waals surface area contributed by atoms with Gasteiger partial charge >= 0.3 is 5.97 Å². The second kappa shape index (κ2) is 7.49. The summed E-state index contributed by atoms with van der Waals surface area (Å²) in [6.07, 6.45) is -0.795. The summed E-state index contributed by atoms with van der Waals surface area (Å²) >= 11 is 0. The van der Waals surface area contributed by atoms with Gasteiger partial charge in [-0.2, -0.15) is 0 Å². The molecule has 0 aliphatic carbocycles. The van der Waals surface area contributed by atoms with Gasteiger partial charge in [0.2, 0.25) is 0 Å². The summed E-state index contributed by atoms with van der Waals surface area (Å²) in [5, 5.41) is 11.3. The predicted octanol–water partition coefficient (Wildman–Crippen LogP) is 0.978. The van der Waals surface area contributed by atoms with E-state index in [-0.39, 0.29) is 6.61 Å². The van der Waals surface area contributed by atoms with Crippen molar-refractivity contribution >= 4 is 11.9 Å². The molecule has 2 unspecified atom stereocenters.